The monoisotopic (exact) mass is 454 g/mol. The van der Waals surface area contributed by atoms with E-state index in [0.717, 1.165) is 56.8 Å². The Bertz CT molecular complexity index is 887. The second-order valence-electron chi connectivity index (χ2n) is 7.07. The van der Waals surface area contributed by atoms with E-state index in [2.05, 4.69) is 25.7 Å². The summed E-state index contributed by atoms with van der Waals surface area (Å²) < 4.78 is 37.0. The average molecular weight is 455 g/mol. The number of halogens is 2. The molecule has 0 amide bonds. The Morgan fingerprint density at radius 2 is 1.48 bits per heavy atom. The van der Waals surface area contributed by atoms with Crippen molar-refractivity contribution in [1.82, 2.24) is 9.80 Å². The minimum atomic E-state index is -3.15. The summed E-state index contributed by atoms with van der Waals surface area (Å²) in [6.07, 6.45) is 2.30. The van der Waals surface area contributed by atoms with Crippen LogP contribution in [0.25, 0.3) is 0 Å². The normalized spacial score (nSPS) is 17.0. The fraction of sp³-hybridized carbons (Fsp3) is 0.400. The first kappa shape index (κ1) is 20.5. The van der Waals surface area contributed by atoms with Crippen LogP contribution in [-0.2, 0) is 22.9 Å². The van der Waals surface area contributed by atoms with Crippen molar-refractivity contribution < 1.29 is 12.8 Å². The molecule has 0 spiro atoms. The predicted molar refractivity (Wildman–Crippen MR) is 109 cm³/mol. The summed E-state index contributed by atoms with van der Waals surface area (Å²) in [6, 6.07) is 12.4. The van der Waals surface area contributed by atoms with Gasteiger partial charge in [0.25, 0.3) is 0 Å². The number of nitrogens with zero attached hydrogens (tertiary/aromatic N) is 2. The van der Waals surface area contributed by atoms with Gasteiger partial charge in [0.1, 0.15) is 5.82 Å². The van der Waals surface area contributed by atoms with Crippen LogP contribution >= 0.6 is 15.9 Å². The highest BCUT2D eigenvalue weighted by molar-refractivity contribution is 9.10. The standard InChI is InChI=1S/C20H24BrFN2O2S/c1-27(25,26)18-6-3-16(4-7-18)14-23-9-2-10-24(12-11-23)15-17-5-8-20(22)19(21)13-17/h3-8,13H,2,9-12,14-15H2,1H3. The molecule has 0 radical (unpaired) electrons. The molecule has 27 heavy (non-hydrogen) atoms. The molecule has 0 saturated carbocycles. The Labute approximate surface area is 169 Å². The van der Waals surface area contributed by atoms with Crippen LogP contribution in [0.3, 0.4) is 0 Å². The van der Waals surface area contributed by atoms with Crippen LogP contribution in [0.4, 0.5) is 4.39 Å². The van der Waals surface area contributed by atoms with Crippen molar-refractivity contribution in [3.8, 4) is 0 Å². The minimum absolute atomic E-state index is 0.234. The lowest BCUT2D eigenvalue weighted by Crippen LogP contribution is -2.30. The number of benzene rings is 2. The lowest BCUT2D eigenvalue weighted by atomic mass is 10.2. The number of rotatable bonds is 5. The second kappa shape index (κ2) is 8.82. The number of sulfone groups is 1. The van der Waals surface area contributed by atoms with Crippen LogP contribution in [0.1, 0.15) is 17.5 Å². The van der Waals surface area contributed by atoms with Gasteiger partial charge in [-0.2, -0.15) is 0 Å². The van der Waals surface area contributed by atoms with Crippen molar-refractivity contribution in [2.75, 3.05) is 32.4 Å². The van der Waals surface area contributed by atoms with E-state index in [1.807, 2.05) is 24.3 Å². The maximum atomic E-state index is 13.4. The fourth-order valence-corrected chi connectivity index (χ4v) is 4.39. The summed E-state index contributed by atoms with van der Waals surface area (Å²) in [5.41, 5.74) is 2.23. The maximum absolute atomic E-state index is 13.4. The molecule has 0 aromatic heterocycles. The summed E-state index contributed by atoms with van der Waals surface area (Å²) in [5, 5.41) is 0. The van der Waals surface area contributed by atoms with Crippen molar-refractivity contribution in [3.05, 3.63) is 63.9 Å². The van der Waals surface area contributed by atoms with E-state index in [-0.39, 0.29) is 5.82 Å². The highest BCUT2D eigenvalue weighted by Gasteiger charge is 2.16. The van der Waals surface area contributed by atoms with Gasteiger partial charge in [0, 0.05) is 32.4 Å². The number of hydrogen-bond donors (Lipinski definition) is 0. The smallest absolute Gasteiger partial charge is 0.175 e. The van der Waals surface area contributed by atoms with Gasteiger partial charge >= 0.3 is 0 Å². The molecule has 3 rings (SSSR count). The topological polar surface area (TPSA) is 40.6 Å². The van der Waals surface area contributed by atoms with Crippen molar-refractivity contribution in [2.45, 2.75) is 24.4 Å². The SMILES string of the molecule is CS(=O)(=O)c1ccc(CN2CCCN(Cc3ccc(F)c(Br)c3)CC2)cc1. The van der Waals surface area contributed by atoms with Gasteiger partial charge in [0.05, 0.1) is 9.37 Å². The van der Waals surface area contributed by atoms with Gasteiger partial charge in [0.2, 0.25) is 0 Å². The van der Waals surface area contributed by atoms with Crippen molar-refractivity contribution in [1.29, 1.82) is 0 Å². The zero-order valence-electron chi connectivity index (χ0n) is 15.4. The first-order chi connectivity index (χ1) is 12.8. The Hall–Kier alpha value is -1.28. The predicted octanol–water partition coefficient (Wildman–Crippen LogP) is 3.70. The molecule has 146 valence electrons. The maximum Gasteiger partial charge on any atom is 0.175 e. The molecule has 0 unspecified atom stereocenters. The van der Waals surface area contributed by atoms with Gasteiger partial charge in [-0.25, -0.2) is 12.8 Å². The first-order valence-corrected chi connectivity index (χ1v) is 11.7. The molecule has 0 atom stereocenters. The Morgan fingerprint density at radius 1 is 0.926 bits per heavy atom. The third kappa shape index (κ3) is 5.85. The molecule has 7 heteroatoms. The van der Waals surface area contributed by atoms with Crippen LogP contribution in [0.15, 0.2) is 51.8 Å². The van der Waals surface area contributed by atoms with Crippen molar-refractivity contribution >= 4 is 25.8 Å². The molecule has 2 aromatic carbocycles. The van der Waals surface area contributed by atoms with Crippen LogP contribution < -0.4 is 0 Å². The lowest BCUT2D eigenvalue weighted by molar-refractivity contribution is 0.247. The van der Waals surface area contributed by atoms with Crippen molar-refractivity contribution in [2.24, 2.45) is 0 Å². The summed E-state index contributed by atoms with van der Waals surface area (Å²) in [6.45, 7) is 5.57. The van der Waals surface area contributed by atoms with Gasteiger partial charge in [-0.3, -0.25) is 9.80 Å². The van der Waals surface area contributed by atoms with Gasteiger partial charge < -0.3 is 0 Å². The summed E-state index contributed by atoms with van der Waals surface area (Å²) in [5.74, 6) is -0.234. The third-order valence-corrected chi connectivity index (χ3v) is 6.57. The molecule has 1 aliphatic rings. The molecule has 1 heterocycles. The van der Waals surface area contributed by atoms with Crippen LogP contribution in [-0.4, -0.2) is 50.7 Å². The zero-order valence-corrected chi connectivity index (χ0v) is 17.8. The molecule has 2 aromatic rings. The largest absolute Gasteiger partial charge is 0.298 e. The molecule has 0 N–H and O–H groups in total. The molecule has 0 bridgehead atoms. The van der Waals surface area contributed by atoms with E-state index in [4.69, 9.17) is 0 Å². The first-order valence-electron chi connectivity index (χ1n) is 8.99. The zero-order chi connectivity index (χ0) is 19.4. The van der Waals surface area contributed by atoms with E-state index >= 15 is 0 Å². The van der Waals surface area contributed by atoms with E-state index < -0.39 is 9.84 Å². The van der Waals surface area contributed by atoms with Crippen molar-refractivity contribution in [3.63, 3.8) is 0 Å². The molecule has 0 aliphatic carbocycles. The van der Waals surface area contributed by atoms with Gasteiger partial charge in [-0.15, -0.1) is 0 Å². The molecule has 4 nitrogen and oxygen atoms in total. The Balaban J connectivity index is 1.55. The molecular formula is C20H24BrFN2O2S. The molecule has 1 fully saturated rings. The summed E-state index contributed by atoms with van der Waals surface area (Å²) in [4.78, 5) is 5.15. The Morgan fingerprint density at radius 3 is 2.04 bits per heavy atom. The van der Waals surface area contributed by atoms with Gasteiger partial charge in [-0.1, -0.05) is 18.2 Å². The number of hydrogen-bond acceptors (Lipinski definition) is 4. The van der Waals surface area contributed by atoms with E-state index in [1.165, 1.54) is 12.3 Å². The lowest BCUT2D eigenvalue weighted by Gasteiger charge is -2.22. The van der Waals surface area contributed by atoms with Crippen LogP contribution in [0.5, 0.6) is 0 Å². The highest BCUT2D eigenvalue weighted by Crippen LogP contribution is 2.19. The average Bonchev–Trinajstić information content (AvgIpc) is 2.83. The van der Waals surface area contributed by atoms with Crippen LogP contribution in [0, 0.1) is 5.82 Å². The molecule has 1 saturated heterocycles. The minimum Gasteiger partial charge on any atom is -0.298 e. The highest BCUT2D eigenvalue weighted by atomic mass is 79.9. The van der Waals surface area contributed by atoms with E-state index in [0.29, 0.717) is 9.37 Å². The molecule has 1 aliphatic heterocycles. The second-order valence-corrected chi connectivity index (χ2v) is 9.94. The van der Waals surface area contributed by atoms with E-state index in [1.54, 1.807) is 12.1 Å². The summed E-state index contributed by atoms with van der Waals surface area (Å²) >= 11 is 3.25. The van der Waals surface area contributed by atoms with Gasteiger partial charge in [0.15, 0.2) is 9.84 Å². The third-order valence-electron chi connectivity index (χ3n) is 4.83. The van der Waals surface area contributed by atoms with Crippen LogP contribution in [0.2, 0.25) is 0 Å². The summed E-state index contributed by atoms with van der Waals surface area (Å²) in [7, 11) is -3.15. The fourth-order valence-electron chi connectivity index (χ4n) is 3.34. The van der Waals surface area contributed by atoms with E-state index in [9.17, 15) is 12.8 Å². The Kier molecular flexibility index (Phi) is 6.68. The quantitative estimate of drug-likeness (QED) is 0.690. The van der Waals surface area contributed by atoms with Gasteiger partial charge in [-0.05, 0) is 70.8 Å². The molecular weight excluding hydrogens is 431 g/mol.